The van der Waals surface area contributed by atoms with E-state index in [2.05, 4.69) is 20.1 Å². The van der Waals surface area contributed by atoms with E-state index in [1.807, 2.05) is 29.9 Å². The third-order valence-electron chi connectivity index (χ3n) is 4.25. The Morgan fingerprint density at radius 3 is 2.74 bits per heavy atom. The van der Waals surface area contributed by atoms with Crippen LogP contribution in [0, 0.1) is 6.92 Å². The first-order valence-corrected chi connectivity index (χ1v) is 9.73. The molecule has 4 aromatic rings. The van der Waals surface area contributed by atoms with Crippen molar-refractivity contribution in [1.29, 1.82) is 0 Å². The van der Waals surface area contributed by atoms with Crippen LogP contribution in [0.1, 0.15) is 11.3 Å². The lowest BCUT2D eigenvalue weighted by Crippen LogP contribution is -2.24. The molecule has 0 amide bonds. The molecule has 9 heteroatoms. The second-order valence-electron chi connectivity index (χ2n) is 5.89. The number of aromatic nitrogens is 6. The highest BCUT2D eigenvalue weighted by Gasteiger charge is 2.19. The van der Waals surface area contributed by atoms with Crippen LogP contribution in [0.3, 0.4) is 0 Å². The molecule has 0 atom stereocenters. The predicted molar refractivity (Wildman–Crippen MR) is 105 cm³/mol. The Labute approximate surface area is 164 Å². The molecule has 0 aliphatic heterocycles. The van der Waals surface area contributed by atoms with Crippen LogP contribution in [-0.4, -0.2) is 35.4 Å². The fraction of sp³-hybridized carbons (Fsp3) is 0.167. The van der Waals surface area contributed by atoms with Crippen LogP contribution in [0.5, 0.6) is 0 Å². The minimum Gasteiger partial charge on any atom is -0.309 e. The van der Waals surface area contributed by atoms with E-state index in [-0.39, 0.29) is 5.56 Å². The summed E-state index contributed by atoms with van der Waals surface area (Å²) in [6, 6.07) is 7.31. The molecule has 0 N–H and O–H groups in total. The number of thioether (sulfide) groups is 1. The van der Waals surface area contributed by atoms with Crippen molar-refractivity contribution in [3.05, 3.63) is 69.6 Å². The van der Waals surface area contributed by atoms with Crippen LogP contribution in [0.4, 0.5) is 0 Å². The first kappa shape index (κ1) is 17.7. The fourth-order valence-corrected chi connectivity index (χ4v) is 3.39. The van der Waals surface area contributed by atoms with Gasteiger partial charge in [-0.05, 0) is 30.9 Å². The van der Waals surface area contributed by atoms with Gasteiger partial charge in [-0.2, -0.15) is 9.50 Å². The summed E-state index contributed by atoms with van der Waals surface area (Å²) in [5.74, 6) is 0.490. The van der Waals surface area contributed by atoms with Crippen molar-refractivity contribution in [2.24, 2.45) is 0 Å². The predicted octanol–water partition coefficient (Wildman–Crippen LogP) is 3.08. The molecule has 0 aromatic carbocycles. The van der Waals surface area contributed by atoms with Crippen molar-refractivity contribution in [3.63, 3.8) is 0 Å². The lowest BCUT2D eigenvalue weighted by Gasteiger charge is -2.15. The van der Waals surface area contributed by atoms with E-state index < -0.39 is 0 Å². The van der Waals surface area contributed by atoms with Crippen molar-refractivity contribution < 1.29 is 0 Å². The molecule has 136 valence electrons. The minimum atomic E-state index is -0.214. The van der Waals surface area contributed by atoms with Crippen molar-refractivity contribution in [3.8, 4) is 11.1 Å². The van der Waals surface area contributed by atoms with E-state index in [9.17, 15) is 4.79 Å². The molecule has 0 bridgehead atoms. The van der Waals surface area contributed by atoms with E-state index in [0.29, 0.717) is 28.2 Å². The lowest BCUT2D eigenvalue weighted by molar-refractivity contribution is 0.730. The summed E-state index contributed by atoms with van der Waals surface area (Å²) >= 11 is 7.28. The van der Waals surface area contributed by atoms with E-state index in [0.717, 1.165) is 16.8 Å². The molecule has 0 saturated heterocycles. The Morgan fingerprint density at radius 2 is 2.07 bits per heavy atom. The highest BCUT2D eigenvalue weighted by atomic mass is 35.5. The normalized spacial score (nSPS) is 11.2. The first-order valence-electron chi connectivity index (χ1n) is 8.13. The third kappa shape index (κ3) is 3.22. The van der Waals surface area contributed by atoms with Gasteiger partial charge in [0.05, 0.1) is 12.1 Å². The zero-order valence-corrected chi connectivity index (χ0v) is 16.2. The monoisotopic (exact) mass is 398 g/mol. The van der Waals surface area contributed by atoms with Crippen LogP contribution in [0.15, 0.2) is 52.8 Å². The highest BCUT2D eigenvalue weighted by Crippen LogP contribution is 2.22. The highest BCUT2D eigenvalue weighted by molar-refractivity contribution is 7.98. The smallest absolute Gasteiger partial charge is 0.283 e. The van der Waals surface area contributed by atoms with Gasteiger partial charge in [-0.3, -0.25) is 9.78 Å². The summed E-state index contributed by atoms with van der Waals surface area (Å²) in [6.07, 6.45) is 6.94. The molecule has 0 radical (unpaired) electrons. The molecular weight excluding hydrogens is 384 g/mol. The molecule has 7 nitrogen and oxygen atoms in total. The Kier molecular flexibility index (Phi) is 4.67. The number of rotatable bonds is 4. The molecular formula is C18H15ClN6OS. The van der Waals surface area contributed by atoms with E-state index in [1.54, 1.807) is 30.7 Å². The maximum atomic E-state index is 13.1. The largest absolute Gasteiger partial charge is 0.309 e. The first-order chi connectivity index (χ1) is 13.1. The van der Waals surface area contributed by atoms with Crippen LogP contribution in [-0.2, 0) is 6.54 Å². The molecule has 0 fully saturated rings. The summed E-state index contributed by atoms with van der Waals surface area (Å²) in [4.78, 5) is 25.9. The number of nitrogens with zero attached hydrogens (tertiary/aromatic N) is 6. The number of fused-ring (bicyclic) bond motifs is 1. The molecule has 0 aliphatic rings. The van der Waals surface area contributed by atoms with Crippen LogP contribution >= 0.6 is 23.4 Å². The summed E-state index contributed by atoms with van der Waals surface area (Å²) in [5, 5.41) is 5.33. The summed E-state index contributed by atoms with van der Waals surface area (Å²) < 4.78 is 3.31. The number of hydrogen-bond donors (Lipinski definition) is 0. The Hall–Kier alpha value is -2.71. The molecule has 0 spiro atoms. The van der Waals surface area contributed by atoms with Crippen LogP contribution in [0.25, 0.3) is 16.9 Å². The van der Waals surface area contributed by atoms with Gasteiger partial charge in [-0.1, -0.05) is 35.5 Å². The summed E-state index contributed by atoms with van der Waals surface area (Å²) in [7, 11) is 0. The van der Waals surface area contributed by atoms with Gasteiger partial charge in [-0.15, -0.1) is 5.10 Å². The molecule has 0 saturated carbocycles. The standard InChI is InChI=1S/C18H15ClN6OS/c1-11-15(13-4-3-7-20-9-13)16(26)25-18(22-17(23-25)27-2)24(11)10-12-5-6-14(19)21-8-12/h3-9H,10H2,1-2H3. The minimum absolute atomic E-state index is 0.214. The molecule has 4 rings (SSSR count). The van der Waals surface area contributed by atoms with E-state index >= 15 is 0 Å². The van der Waals surface area contributed by atoms with Crippen LogP contribution < -0.4 is 5.56 Å². The summed E-state index contributed by atoms with van der Waals surface area (Å²) in [5.41, 5.74) is 2.81. The number of hydrogen-bond acceptors (Lipinski definition) is 6. The maximum Gasteiger partial charge on any atom is 0.283 e. The topological polar surface area (TPSA) is 78.0 Å². The van der Waals surface area contributed by atoms with Gasteiger partial charge >= 0.3 is 0 Å². The second-order valence-corrected chi connectivity index (χ2v) is 7.05. The van der Waals surface area contributed by atoms with E-state index in [4.69, 9.17) is 11.6 Å². The van der Waals surface area contributed by atoms with Crippen molar-refractivity contribution in [1.82, 2.24) is 29.1 Å². The lowest BCUT2D eigenvalue weighted by atomic mass is 10.1. The molecule has 0 aliphatic carbocycles. The second kappa shape index (κ2) is 7.13. The van der Waals surface area contributed by atoms with Crippen LogP contribution in [0.2, 0.25) is 5.15 Å². The average molecular weight is 399 g/mol. The van der Waals surface area contributed by atoms with Gasteiger partial charge in [0.15, 0.2) is 0 Å². The third-order valence-corrected chi connectivity index (χ3v) is 5.01. The van der Waals surface area contributed by atoms with Gasteiger partial charge in [0.25, 0.3) is 5.56 Å². The van der Waals surface area contributed by atoms with Gasteiger partial charge in [0, 0.05) is 29.8 Å². The van der Waals surface area contributed by atoms with Gasteiger partial charge < -0.3 is 4.57 Å². The quantitative estimate of drug-likeness (QED) is 0.388. The zero-order valence-electron chi connectivity index (χ0n) is 14.6. The molecule has 4 heterocycles. The summed E-state index contributed by atoms with van der Waals surface area (Å²) in [6.45, 7) is 2.39. The zero-order chi connectivity index (χ0) is 19.0. The SMILES string of the molecule is CSc1nc2n(Cc3ccc(Cl)nc3)c(C)c(-c3cccnc3)c(=O)n2n1. The van der Waals surface area contributed by atoms with Gasteiger partial charge in [0.2, 0.25) is 10.9 Å². The van der Waals surface area contributed by atoms with Crippen molar-refractivity contribution >= 4 is 29.1 Å². The van der Waals surface area contributed by atoms with Crippen molar-refractivity contribution in [2.45, 2.75) is 18.6 Å². The van der Waals surface area contributed by atoms with Gasteiger partial charge in [0.1, 0.15) is 5.15 Å². The fourth-order valence-electron chi connectivity index (χ4n) is 2.94. The molecule has 4 aromatic heterocycles. The van der Waals surface area contributed by atoms with Gasteiger partial charge in [-0.25, -0.2) is 4.98 Å². The Bertz CT molecular complexity index is 1170. The van der Waals surface area contributed by atoms with Crippen molar-refractivity contribution in [2.75, 3.05) is 6.26 Å². The number of halogens is 1. The number of pyridine rings is 2. The Balaban J connectivity index is 1.99. The van der Waals surface area contributed by atoms with E-state index in [1.165, 1.54) is 16.3 Å². The molecule has 27 heavy (non-hydrogen) atoms. The Morgan fingerprint density at radius 1 is 1.22 bits per heavy atom. The maximum absolute atomic E-state index is 13.1. The molecule has 0 unspecified atom stereocenters. The average Bonchev–Trinajstić information content (AvgIpc) is 3.12.